The van der Waals surface area contributed by atoms with E-state index < -0.39 is 0 Å². The number of methoxy groups -OCH3 is 1. The normalized spacial score (nSPS) is 21.7. The third kappa shape index (κ3) is 6.85. The molecule has 1 fully saturated rings. The zero-order valence-electron chi connectivity index (χ0n) is 22.4. The number of hydrogen-bond acceptors (Lipinski definition) is 7. The molecule has 0 radical (unpaired) electrons. The minimum absolute atomic E-state index is 0.000721. The van der Waals surface area contributed by atoms with Crippen LogP contribution in [0.4, 0.5) is 0 Å². The van der Waals surface area contributed by atoms with E-state index in [0.717, 1.165) is 49.8 Å². The van der Waals surface area contributed by atoms with Gasteiger partial charge < -0.3 is 25.4 Å². The molecular formula is C30H37N5O4. The first-order valence-electron chi connectivity index (χ1n) is 13.8. The number of amides is 2. The molecule has 0 unspecified atom stereocenters. The van der Waals surface area contributed by atoms with Crippen molar-refractivity contribution < 1.29 is 19.1 Å². The molecule has 1 aromatic heterocycles. The quantitative estimate of drug-likeness (QED) is 0.477. The predicted molar refractivity (Wildman–Crippen MR) is 150 cm³/mol. The van der Waals surface area contributed by atoms with E-state index in [2.05, 4.69) is 38.0 Å². The van der Waals surface area contributed by atoms with Crippen molar-refractivity contribution in [2.45, 2.75) is 44.4 Å². The van der Waals surface area contributed by atoms with E-state index in [4.69, 9.17) is 9.47 Å². The topological polar surface area (TPSA) is 105 Å². The highest BCUT2D eigenvalue weighted by molar-refractivity contribution is 5.94. The molecule has 3 heterocycles. The fourth-order valence-electron chi connectivity index (χ4n) is 5.29. The van der Waals surface area contributed by atoms with Crippen molar-refractivity contribution in [3.05, 3.63) is 65.9 Å². The monoisotopic (exact) mass is 531 g/mol. The Morgan fingerprint density at radius 3 is 2.77 bits per heavy atom. The SMILES string of the molecule is COc1ccc2cc1O[C@@H]1CN[C@@H](C1)C(=O)NCCCCN(Cc1ccnc3ccccc13)CCCNC2=O. The lowest BCUT2D eigenvalue weighted by Crippen LogP contribution is -2.40. The lowest BCUT2D eigenvalue weighted by Gasteiger charge is -2.23. The van der Waals surface area contributed by atoms with Crippen LogP contribution in [0.15, 0.2) is 54.7 Å². The van der Waals surface area contributed by atoms with E-state index in [1.807, 2.05) is 24.4 Å². The molecule has 9 nitrogen and oxygen atoms in total. The number of hydrogen-bond donors (Lipinski definition) is 3. The average molecular weight is 532 g/mol. The maximum atomic E-state index is 12.9. The standard InChI is InChI=1S/C30H37N5O4/c1-38-27-10-9-21-17-28(27)39-23-18-26(34-19-23)30(37)33-12-4-5-15-35(16-6-13-32-29(21)36)20-22-11-14-31-25-8-3-2-7-24(22)25/h2-3,7-11,14,17,23,26,34H,4-6,12-13,15-16,18-20H2,1H3,(H,32,36)(H,33,37)/t23-,26-/m0/s1. The van der Waals surface area contributed by atoms with E-state index >= 15 is 0 Å². The molecule has 2 amide bonds. The third-order valence-electron chi connectivity index (χ3n) is 7.40. The van der Waals surface area contributed by atoms with Crippen molar-refractivity contribution in [1.29, 1.82) is 0 Å². The van der Waals surface area contributed by atoms with Gasteiger partial charge >= 0.3 is 0 Å². The number of para-hydroxylation sites is 1. The van der Waals surface area contributed by atoms with E-state index in [-0.39, 0.29) is 24.0 Å². The number of carbonyl (C=O) groups is 2. The van der Waals surface area contributed by atoms with Gasteiger partial charge in [0, 0.05) is 56.3 Å². The Labute approximate surface area is 229 Å². The van der Waals surface area contributed by atoms with Crippen LogP contribution in [0.1, 0.15) is 41.6 Å². The highest BCUT2D eigenvalue weighted by Gasteiger charge is 2.31. The smallest absolute Gasteiger partial charge is 0.251 e. The number of nitrogens with one attached hydrogen (secondary N) is 3. The summed E-state index contributed by atoms with van der Waals surface area (Å²) in [5.74, 6) is 0.921. The number of ether oxygens (including phenoxy) is 2. The molecule has 0 spiro atoms. The molecule has 206 valence electrons. The van der Waals surface area contributed by atoms with Crippen LogP contribution in [0.25, 0.3) is 10.9 Å². The second kappa shape index (κ2) is 12.9. The zero-order valence-corrected chi connectivity index (χ0v) is 22.4. The molecule has 3 N–H and O–H groups in total. The molecule has 39 heavy (non-hydrogen) atoms. The van der Waals surface area contributed by atoms with Crippen LogP contribution in [0.3, 0.4) is 0 Å². The number of fused-ring (bicyclic) bond motifs is 5. The first-order chi connectivity index (χ1) is 19.1. The van der Waals surface area contributed by atoms with Gasteiger partial charge in [0.05, 0.1) is 18.7 Å². The van der Waals surface area contributed by atoms with Crippen molar-refractivity contribution in [2.75, 3.05) is 39.8 Å². The minimum Gasteiger partial charge on any atom is -0.493 e. The zero-order chi connectivity index (χ0) is 27.0. The molecule has 2 aliphatic rings. The Balaban J connectivity index is 1.30. The number of carbonyl (C=O) groups excluding carboxylic acids is 2. The number of aromatic nitrogens is 1. The van der Waals surface area contributed by atoms with Gasteiger partial charge in [0.15, 0.2) is 11.5 Å². The van der Waals surface area contributed by atoms with Gasteiger partial charge in [-0.15, -0.1) is 0 Å². The van der Waals surface area contributed by atoms with Crippen LogP contribution in [-0.4, -0.2) is 73.7 Å². The van der Waals surface area contributed by atoms with Gasteiger partial charge in [0.2, 0.25) is 5.91 Å². The fraction of sp³-hybridized carbons (Fsp3) is 0.433. The van der Waals surface area contributed by atoms with Crippen LogP contribution in [-0.2, 0) is 11.3 Å². The molecule has 1 saturated heterocycles. The lowest BCUT2D eigenvalue weighted by molar-refractivity contribution is -0.122. The molecule has 5 rings (SSSR count). The highest BCUT2D eigenvalue weighted by atomic mass is 16.5. The van der Waals surface area contributed by atoms with Gasteiger partial charge in [0.25, 0.3) is 5.91 Å². The van der Waals surface area contributed by atoms with Crippen LogP contribution in [0.2, 0.25) is 0 Å². The largest absolute Gasteiger partial charge is 0.493 e. The molecular weight excluding hydrogens is 494 g/mol. The number of nitrogens with zero attached hydrogens (tertiary/aromatic N) is 2. The van der Waals surface area contributed by atoms with Gasteiger partial charge in [-0.05, 0) is 61.7 Å². The van der Waals surface area contributed by atoms with E-state index in [0.29, 0.717) is 43.1 Å². The molecule has 2 aromatic carbocycles. The van der Waals surface area contributed by atoms with Crippen molar-refractivity contribution in [3.63, 3.8) is 0 Å². The summed E-state index contributed by atoms with van der Waals surface area (Å²) in [5.41, 5.74) is 2.75. The van der Waals surface area contributed by atoms with E-state index in [1.54, 1.807) is 25.3 Å². The molecule has 3 aromatic rings. The summed E-state index contributed by atoms with van der Waals surface area (Å²) >= 11 is 0. The van der Waals surface area contributed by atoms with Crippen LogP contribution >= 0.6 is 0 Å². The first-order valence-corrected chi connectivity index (χ1v) is 13.8. The van der Waals surface area contributed by atoms with E-state index in [1.165, 1.54) is 5.56 Å². The Kier molecular flexibility index (Phi) is 8.90. The second-order valence-electron chi connectivity index (χ2n) is 10.2. The Bertz CT molecular complexity index is 1290. The first kappa shape index (κ1) is 26.9. The van der Waals surface area contributed by atoms with Gasteiger partial charge in [-0.2, -0.15) is 0 Å². The summed E-state index contributed by atoms with van der Waals surface area (Å²) in [6.45, 7) is 4.31. The van der Waals surface area contributed by atoms with Crippen molar-refractivity contribution in [3.8, 4) is 11.5 Å². The average Bonchev–Trinajstić information content (AvgIpc) is 3.43. The van der Waals surface area contributed by atoms with Crippen molar-refractivity contribution >= 4 is 22.7 Å². The van der Waals surface area contributed by atoms with Crippen molar-refractivity contribution in [2.24, 2.45) is 0 Å². The lowest BCUT2D eigenvalue weighted by atomic mass is 10.1. The Morgan fingerprint density at radius 2 is 1.87 bits per heavy atom. The summed E-state index contributed by atoms with van der Waals surface area (Å²) in [4.78, 5) is 32.6. The Morgan fingerprint density at radius 1 is 1.03 bits per heavy atom. The molecule has 0 saturated carbocycles. The number of benzene rings is 2. The molecule has 9 heteroatoms. The molecule has 2 aliphatic heterocycles. The number of pyridine rings is 1. The van der Waals surface area contributed by atoms with Gasteiger partial charge in [-0.1, -0.05) is 18.2 Å². The summed E-state index contributed by atoms with van der Waals surface area (Å²) in [6, 6.07) is 15.2. The van der Waals surface area contributed by atoms with Gasteiger partial charge in [-0.3, -0.25) is 19.5 Å². The molecule has 4 bridgehead atoms. The Hall–Kier alpha value is -3.69. The van der Waals surface area contributed by atoms with Gasteiger partial charge in [-0.25, -0.2) is 0 Å². The number of rotatable bonds is 3. The van der Waals surface area contributed by atoms with Crippen molar-refractivity contribution in [1.82, 2.24) is 25.8 Å². The summed E-state index contributed by atoms with van der Waals surface area (Å²) < 4.78 is 11.6. The van der Waals surface area contributed by atoms with Crippen LogP contribution < -0.4 is 25.4 Å². The second-order valence-corrected chi connectivity index (χ2v) is 10.2. The van der Waals surface area contributed by atoms with Gasteiger partial charge in [0.1, 0.15) is 6.10 Å². The summed E-state index contributed by atoms with van der Waals surface area (Å²) in [6.07, 6.45) is 4.91. The fourth-order valence-corrected chi connectivity index (χ4v) is 5.29. The molecule has 0 aliphatic carbocycles. The molecule has 2 atom stereocenters. The predicted octanol–water partition coefficient (Wildman–Crippen LogP) is 2.88. The maximum Gasteiger partial charge on any atom is 0.251 e. The summed E-state index contributed by atoms with van der Waals surface area (Å²) in [5, 5.41) is 10.6. The highest BCUT2D eigenvalue weighted by Crippen LogP contribution is 2.30. The van der Waals surface area contributed by atoms with Crippen LogP contribution in [0.5, 0.6) is 11.5 Å². The maximum absolute atomic E-state index is 12.9. The minimum atomic E-state index is -0.300. The third-order valence-corrected chi connectivity index (χ3v) is 7.40. The van der Waals surface area contributed by atoms with Crippen LogP contribution in [0, 0.1) is 0 Å². The van der Waals surface area contributed by atoms with E-state index in [9.17, 15) is 9.59 Å². The summed E-state index contributed by atoms with van der Waals surface area (Å²) in [7, 11) is 1.58.